The summed E-state index contributed by atoms with van der Waals surface area (Å²) in [6.45, 7) is 2.50. The average Bonchev–Trinajstić information content (AvgIpc) is 3.15. The second-order valence-electron chi connectivity index (χ2n) is 7.58. The Morgan fingerprint density at radius 3 is 2.65 bits per heavy atom. The van der Waals surface area contributed by atoms with Crippen molar-refractivity contribution >= 4 is 17.7 Å². The van der Waals surface area contributed by atoms with Crippen molar-refractivity contribution in [2.45, 2.75) is 38.1 Å². The fourth-order valence-corrected chi connectivity index (χ4v) is 3.78. The Morgan fingerprint density at radius 2 is 2.00 bits per heavy atom. The second-order valence-corrected chi connectivity index (χ2v) is 7.58. The standard InChI is InChI=1S/C18H24N4O4/c23-16-7-13(17(24)20-14-1-2-14)10-22(16)9-12-3-5-21(6-4-12)18(25)15-8-19-11-26-15/h8,11-14H,1-7,9-10H2,(H,20,24). The van der Waals surface area contributed by atoms with E-state index in [1.165, 1.54) is 12.6 Å². The maximum atomic E-state index is 12.3. The second kappa shape index (κ2) is 7.09. The molecule has 140 valence electrons. The molecule has 0 spiro atoms. The molecule has 0 radical (unpaired) electrons. The first-order chi connectivity index (χ1) is 12.6. The minimum atomic E-state index is -0.212. The third-order valence-electron chi connectivity index (χ3n) is 5.53. The van der Waals surface area contributed by atoms with Gasteiger partial charge in [-0.3, -0.25) is 14.4 Å². The van der Waals surface area contributed by atoms with Crippen LogP contribution in [0.3, 0.4) is 0 Å². The van der Waals surface area contributed by atoms with E-state index in [0.29, 0.717) is 44.6 Å². The molecule has 3 aliphatic rings. The number of nitrogens with one attached hydrogen (secondary N) is 1. The molecule has 1 aliphatic carbocycles. The summed E-state index contributed by atoms with van der Waals surface area (Å²) < 4.78 is 5.07. The zero-order chi connectivity index (χ0) is 18.1. The van der Waals surface area contributed by atoms with Crippen molar-refractivity contribution in [1.82, 2.24) is 20.1 Å². The highest BCUT2D eigenvalue weighted by atomic mass is 16.3. The van der Waals surface area contributed by atoms with Crippen LogP contribution in [0, 0.1) is 11.8 Å². The lowest BCUT2D eigenvalue weighted by Crippen LogP contribution is -2.42. The van der Waals surface area contributed by atoms with E-state index in [9.17, 15) is 14.4 Å². The number of aromatic nitrogens is 1. The van der Waals surface area contributed by atoms with E-state index in [0.717, 1.165) is 25.7 Å². The minimum Gasteiger partial charge on any atom is -0.438 e. The van der Waals surface area contributed by atoms with Crippen LogP contribution < -0.4 is 5.32 Å². The van der Waals surface area contributed by atoms with Crippen molar-refractivity contribution in [3.8, 4) is 0 Å². The van der Waals surface area contributed by atoms with Crippen LogP contribution in [-0.2, 0) is 9.59 Å². The average molecular weight is 360 g/mol. The van der Waals surface area contributed by atoms with Crippen LogP contribution in [0.25, 0.3) is 0 Å². The maximum Gasteiger partial charge on any atom is 0.291 e. The molecule has 1 N–H and O–H groups in total. The van der Waals surface area contributed by atoms with Crippen LogP contribution in [0.1, 0.15) is 42.7 Å². The van der Waals surface area contributed by atoms with Crippen molar-refractivity contribution in [2.75, 3.05) is 26.2 Å². The van der Waals surface area contributed by atoms with Crippen molar-refractivity contribution in [3.05, 3.63) is 18.4 Å². The summed E-state index contributed by atoms with van der Waals surface area (Å²) in [5.41, 5.74) is 0. The van der Waals surface area contributed by atoms with E-state index in [2.05, 4.69) is 10.3 Å². The van der Waals surface area contributed by atoms with Crippen molar-refractivity contribution < 1.29 is 18.8 Å². The predicted octanol–water partition coefficient (Wildman–Crippen LogP) is 0.654. The van der Waals surface area contributed by atoms with Gasteiger partial charge in [-0.2, -0.15) is 0 Å². The Balaban J connectivity index is 1.24. The van der Waals surface area contributed by atoms with E-state index in [-0.39, 0.29) is 29.4 Å². The molecule has 3 fully saturated rings. The molecule has 2 saturated heterocycles. The molecule has 1 unspecified atom stereocenters. The highest BCUT2D eigenvalue weighted by molar-refractivity contribution is 5.91. The normalized spacial score (nSPS) is 24.2. The number of hydrogen-bond acceptors (Lipinski definition) is 5. The van der Waals surface area contributed by atoms with Crippen LogP contribution >= 0.6 is 0 Å². The summed E-state index contributed by atoms with van der Waals surface area (Å²) in [5, 5.41) is 3.00. The number of oxazole rings is 1. The molecule has 4 rings (SSSR count). The number of hydrogen-bond donors (Lipinski definition) is 1. The van der Waals surface area contributed by atoms with Gasteiger partial charge in [0.05, 0.1) is 12.1 Å². The van der Waals surface area contributed by atoms with E-state index in [4.69, 9.17) is 4.42 Å². The first kappa shape index (κ1) is 17.1. The highest BCUT2D eigenvalue weighted by Crippen LogP contribution is 2.26. The van der Waals surface area contributed by atoms with Crippen LogP contribution in [0.5, 0.6) is 0 Å². The molecule has 3 heterocycles. The van der Waals surface area contributed by atoms with Gasteiger partial charge in [-0.25, -0.2) is 4.98 Å². The summed E-state index contributed by atoms with van der Waals surface area (Å²) in [6.07, 6.45) is 6.83. The van der Waals surface area contributed by atoms with Gasteiger partial charge >= 0.3 is 0 Å². The summed E-state index contributed by atoms with van der Waals surface area (Å²) in [6, 6.07) is 0.331. The van der Waals surface area contributed by atoms with Crippen LogP contribution in [0.2, 0.25) is 0 Å². The Labute approximate surface area is 151 Å². The molecule has 2 aliphatic heterocycles. The first-order valence-corrected chi connectivity index (χ1v) is 9.36. The fraction of sp³-hybridized carbons (Fsp3) is 0.667. The maximum absolute atomic E-state index is 12.3. The van der Waals surface area contributed by atoms with E-state index in [1.807, 2.05) is 4.90 Å². The molecule has 1 aromatic rings. The zero-order valence-electron chi connectivity index (χ0n) is 14.7. The molecule has 8 heteroatoms. The van der Waals surface area contributed by atoms with Crippen LogP contribution in [-0.4, -0.2) is 64.7 Å². The third-order valence-corrected chi connectivity index (χ3v) is 5.53. The summed E-state index contributed by atoms with van der Waals surface area (Å²) in [7, 11) is 0. The largest absolute Gasteiger partial charge is 0.438 e. The van der Waals surface area contributed by atoms with E-state index in [1.54, 1.807) is 4.90 Å². The number of rotatable bonds is 5. The van der Waals surface area contributed by atoms with Crippen molar-refractivity contribution in [2.24, 2.45) is 11.8 Å². The van der Waals surface area contributed by atoms with Gasteiger partial charge in [0.2, 0.25) is 17.6 Å². The van der Waals surface area contributed by atoms with Crippen molar-refractivity contribution in [1.29, 1.82) is 0 Å². The molecule has 0 aromatic carbocycles. The number of likely N-dealkylation sites (tertiary alicyclic amines) is 2. The van der Waals surface area contributed by atoms with Gasteiger partial charge in [0, 0.05) is 38.6 Å². The first-order valence-electron chi connectivity index (χ1n) is 9.36. The molecule has 1 saturated carbocycles. The van der Waals surface area contributed by atoms with Gasteiger partial charge in [-0.1, -0.05) is 0 Å². The smallest absolute Gasteiger partial charge is 0.291 e. The lowest BCUT2D eigenvalue weighted by atomic mass is 9.96. The van der Waals surface area contributed by atoms with Gasteiger partial charge in [0.15, 0.2) is 6.39 Å². The van der Waals surface area contributed by atoms with Crippen molar-refractivity contribution in [3.63, 3.8) is 0 Å². The van der Waals surface area contributed by atoms with Gasteiger partial charge in [0.1, 0.15) is 0 Å². The molecule has 8 nitrogen and oxygen atoms in total. The molecule has 1 aromatic heterocycles. The topological polar surface area (TPSA) is 95.8 Å². The number of piperidine rings is 1. The third kappa shape index (κ3) is 3.73. The molecule has 0 bridgehead atoms. The summed E-state index contributed by atoms with van der Waals surface area (Å²) in [5.74, 6) is 0.383. The van der Waals surface area contributed by atoms with Gasteiger partial charge in [-0.05, 0) is 31.6 Å². The number of carbonyl (C=O) groups is 3. The molecular weight excluding hydrogens is 336 g/mol. The van der Waals surface area contributed by atoms with Crippen LogP contribution in [0.15, 0.2) is 17.0 Å². The number of amides is 3. The summed E-state index contributed by atoms with van der Waals surface area (Å²) in [4.78, 5) is 44.1. The highest BCUT2D eigenvalue weighted by Gasteiger charge is 2.37. The lowest BCUT2D eigenvalue weighted by molar-refractivity contribution is -0.129. The molecule has 1 atom stereocenters. The quantitative estimate of drug-likeness (QED) is 0.832. The number of carbonyl (C=O) groups excluding carboxylic acids is 3. The van der Waals surface area contributed by atoms with Gasteiger partial charge in [0.25, 0.3) is 5.91 Å². The molecule has 26 heavy (non-hydrogen) atoms. The predicted molar refractivity (Wildman–Crippen MR) is 91.0 cm³/mol. The van der Waals surface area contributed by atoms with Gasteiger partial charge < -0.3 is 19.5 Å². The monoisotopic (exact) mass is 360 g/mol. The van der Waals surface area contributed by atoms with Gasteiger partial charge in [-0.15, -0.1) is 0 Å². The van der Waals surface area contributed by atoms with Crippen LogP contribution in [0.4, 0.5) is 0 Å². The Kier molecular flexibility index (Phi) is 4.65. The number of nitrogens with zero attached hydrogens (tertiary/aromatic N) is 3. The lowest BCUT2D eigenvalue weighted by Gasteiger charge is -2.33. The Hall–Kier alpha value is -2.38. The minimum absolute atomic E-state index is 0.0239. The SMILES string of the molecule is O=C(NC1CC1)C1CC(=O)N(CC2CCN(C(=O)c3cnco3)CC2)C1. The molecule has 3 amide bonds. The fourth-order valence-electron chi connectivity index (χ4n) is 3.78. The Morgan fingerprint density at radius 1 is 1.23 bits per heavy atom. The summed E-state index contributed by atoms with van der Waals surface area (Å²) >= 11 is 0. The Bertz CT molecular complexity index is 677. The zero-order valence-corrected chi connectivity index (χ0v) is 14.7. The van der Waals surface area contributed by atoms with E-state index >= 15 is 0 Å². The molecular formula is C18H24N4O4. The van der Waals surface area contributed by atoms with E-state index < -0.39 is 0 Å².